The highest BCUT2D eigenvalue weighted by atomic mass is 79.9. The molecule has 15 heavy (non-hydrogen) atoms. The summed E-state index contributed by atoms with van der Waals surface area (Å²) in [5, 5.41) is 0. The Labute approximate surface area is 108 Å². The van der Waals surface area contributed by atoms with Gasteiger partial charge in [-0.1, -0.05) is 31.9 Å². The lowest BCUT2D eigenvalue weighted by Crippen LogP contribution is -2.29. The summed E-state index contributed by atoms with van der Waals surface area (Å²) in [5.74, 6) is -0.386. The summed E-state index contributed by atoms with van der Waals surface area (Å²) >= 11 is 7.44. The Morgan fingerprint density at radius 1 is 0.867 bits per heavy atom. The van der Waals surface area contributed by atoms with Crippen molar-refractivity contribution in [1.29, 1.82) is 0 Å². The molecule has 0 radical (unpaired) electrons. The Morgan fingerprint density at radius 2 is 1.27 bits per heavy atom. The molecule has 0 N–H and O–H groups in total. The molecular formula is C11H18Br2O2. The predicted molar refractivity (Wildman–Crippen MR) is 67.7 cm³/mol. The SMILES string of the molecule is CC1(C)O[C@@H]2CC[C@@H](Br)[C@H](Br)CC[C@H]2O1. The lowest BCUT2D eigenvalue weighted by Gasteiger charge is -2.25. The Balaban J connectivity index is 2.00. The van der Waals surface area contributed by atoms with E-state index < -0.39 is 0 Å². The highest BCUT2D eigenvalue weighted by Crippen LogP contribution is 2.37. The van der Waals surface area contributed by atoms with Crippen LogP contribution in [-0.4, -0.2) is 27.6 Å². The van der Waals surface area contributed by atoms with E-state index >= 15 is 0 Å². The molecule has 0 unspecified atom stereocenters. The lowest BCUT2D eigenvalue weighted by atomic mass is 9.96. The summed E-state index contributed by atoms with van der Waals surface area (Å²) in [6.07, 6.45) is 5.06. The Kier molecular flexibility index (Phi) is 3.81. The van der Waals surface area contributed by atoms with Crippen molar-refractivity contribution < 1.29 is 9.47 Å². The molecule has 1 aliphatic heterocycles. The van der Waals surface area contributed by atoms with E-state index in [0.717, 1.165) is 25.7 Å². The van der Waals surface area contributed by atoms with E-state index in [-0.39, 0.29) is 5.79 Å². The van der Waals surface area contributed by atoms with Crippen molar-refractivity contribution in [2.75, 3.05) is 0 Å². The summed E-state index contributed by atoms with van der Waals surface area (Å²) in [6, 6.07) is 0. The smallest absolute Gasteiger partial charge is 0.163 e. The summed E-state index contributed by atoms with van der Waals surface area (Å²) in [6.45, 7) is 4.02. The first kappa shape index (κ1) is 12.3. The number of hydrogen-bond donors (Lipinski definition) is 0. The van der Waals surface area contributed by atoms with Gasteiger partial charge in [-0.15, -0.1) is 0 Å². The van der Waals surface area contributed by atoms with Gasteiger partial charge in [0.1, 0.15) is 0 Å². The maximum absolute atomic E-state index is 5.91. The molecule has 2 rings (SSSR count). The molecule has 0 aromatic carbocycles. The fourth-order valence-electron chi connectivity index (χ4n) is 2.41. The molecule has 0 aromatic rings. The fraction of sp³-hybridized carbons (Fsp3) is 1.00. The quantitative estimate of drug-likeness (QED) is 0.627. The van der Waals surface area contributed by atoms with Crippen LogP contribution in [-0.2, 0) is 9.47 Å². The zero-order valence-electron chi connectivity index (χ0n) is 9.21. The molecule has 0 spiro atoms. The number of rotatable bonds is 0. The molecule has 88 valence electrons. The number of halogens is 2. The monoisotopic (exact) mass is 340 g/mol. The van der Waals surface area contributed by atoms with Gasteiger partial charge in [-0.3, -0.25) is 0 Å². The molecule has 2 fully saturated rings. The van der Waals surface area contributed by atoms with Crippen LogP contribution in [0.5, 0.6) is 0 Å². The van der Waals surface area contributed by atoms with Gasteiger partial charge in [-0.25, -0.2) is 0 Å². The standard InChI is InChI=1S/C11H18Br2O2/c1-11(2)14-9-5-3-7(12)8(13)4-6-10(9)15-11/h7-10H,3-6H2,1-2H3/t7-,8-,9-,10-/m1/s1. The summed E-state index contributed by atoms with van der Waals surface area (Å²) in [4.78, 5) is 1.12. The van der Waals surface area contributed by atoms with E-state index in [0.29, 0.717) is 21.9 Å². The van der Waals surface area contributed by atoms with E-state index in [1.165, 1.54) is 0 Å². The van der Waals surface area contributed by atoms with Crippen LogP contribution < -0.4 is 0 Å². The van der Waals surface area contributed by atoms with E-state index in [4.69, 9.17) is 9.47 Å². The first-order valence-corrected chi connectivity index (χ1v) is 7.45. The number of alkyl halides is 2. The topological polar surface area (TPSA) is 18.5 Å². The van der Waals surface area contributed by atoms with Crippen molar-refractivity contribution in [2.24, 2.45) is 0 Å². The molecule has 2 aliphatic rings. The molecule has 2 nitrogen and oxygen atoms in total. The lowest BCUT2D eigenvalue weighted by molar-refractivity contribution is -0.146. The maximum Gasteiger partial charge on any atom is 0.163 e. The van der Waals surface area contributed by atoms with Gasteiger partial charge in [0.2, 0.25) is 0 Å². The second kappa shape index (κ2) is 4.63. The highest BCUT2D eigenvalue weighted by molar-refractivity contribution is 9.12. The van der Waals surface area contributed by atoms with Crippen LogP contribution in [0, 0.1) is 0 Å². The van der Waals surface area contributed by atoms with Gasteiger partial charge in [-0.05, 0) is 39.5 Å². The molecular weight excluding hydrogens is 324 g/mol. The molecule has 0 aromatic heterocycles. The summed E-state index contributed by atoms with van der Waals surface area (Å²) in [7, 11) is 0. The van der Waals surface area contributed by atoms with Crippen LogP contribution in [0.15, 0.2) is 0 Å². The van der Waals surface area contributed by atoms with Crippen molar-refractivity contribution >= 4 is 31.9 Å². The van der Waals surface area contributed by atoms with Crippen LogP contribution in [0.3, 0.4) is 0 Å². The van der Waals surface area contributed by atoms with Crippen LogP contribution in [0.25, 0.3) is 0 Å². The van der Waals surface area contributed by atoms with E-state index in [9.17, 15) is 0 Å². The van der Waals surface area contributed by atoms with E-state index in [2.05, 4.69) is 31.9 Å². The summed E-state index contributed by atoms with van der Waals surface area (Å²) < 4.78 is 11.8. The Bertz CT molecular complexity index is 211. The van der Waals surface area contributed by atoms with Gasteiger partial charge < -0.3 is 9.47 Å². The maximum atomic E-state index is 5.91. The molecule has 1 saturated carbocycles. The van der Waals surface area contributed by atoms with Crippen molar-refractivity contribution in [3.05, 3.63) is 0 Å². The molecule has 1 aliphatic carbocycles. The first-order valence-electron chi connectivity index (χ1n) is 5.62. The van der Waals surface area contributed by atoms with Gasteiger partial charge in [-0.2, -0.15) is 0 Å². The highest BCUT2D eigenvalue weighted by Gasteiger charge is 2.42. The zero-order chi connectivity index (χ0) is 11.1. The molecule has 0 amide bonds. The number of hydrogen-bond acceptors (Lipinski definition) is 2. The average molecular weight is 342 g/mol. The third-order valence-electron chi connectivity index (χ3n) is 3.13. The predicted octanol–water partition coefficient (Wildman–Crippen LogP) is 3.61. The molecule has 4 atom stereocenters. The van der Waals surface area contributed by atoms with Gasteiger partial charge in [0.25, 0.3) is 0 Å². The van der Waals surface area contributed by atoms with Crippen molar-refractivity contribution in [3.63, 3.8) is 0 Å². The van der Waals surface area contributed by atoms with Gasteiger partial charge in [0.05, 0.1) is 12.2 Å². The number of fused-ring (bicyclic) bond motifs is 1. The van der Waals surface area contributed by atoms with Crippen molar-refractivity contribution in [3.8, 4) is 0 Å². The normalized spacial score (nSPS) is 45.6. The molecule has 1 saturated heterocycles. The van der Waals surface area contributed by atoms with Gasteiger partial charge >= 0.3 is 0 Å². The summed E-state index contributed by atoms with van der Waals surface area (Å²) in [5.41, 5.74) is 0. The van der Waals surface area contributed by atoms with E-state index in [1.54, 1.807) is 0 Å². The molecule has 0 bridgehead atoms. The Morgan fingerprint density at radius 3 is 1.67 bits per heavy atom. The Hall–Kier alpha value is 0.880. The minimum Gasteiger partial charge on any atom is -0.345 e. The van der Waals surface area contributed by atoms with Crippen molar-refractivity contribution in [1.82, 2.24) is 0 Å². The number of ether oxygens (including phenoxy) is 2. The van der Waals surface area contributed by atoms with Crippen LogP contribution in [0.1, 0.15) is 39.5 Å². The largest absolute Gasteiger partial charge is 0.345 e. The van der Waals surface area contributed by atoms with Gasteiger partial charge in [0.15, 0.2) is 5.79 Å². The van der Waals surface area contributed by atoms with Gasteiger partial charge in [0, 0.05) is 9.65 Å². The third-order valence-corrected chi connectivity index (χ3v) is 6.03. The zero-order valence-corrected chi connectivity index (χ0v) is 12.4. The van der Waals surface area contributed by atoms with Crippen LogP contribution in [0.2, 0.25) is 0 Å². The van der Waals surface area contributed by atoms with Crippen LogP contribution in [0.4, 0.5) is 0 Å². The molecule has 4 heteroatoms. The third kappa shape index (κ3) is 2.96. The minimum atomic E-state index is -0.386. The average Bonchev–Trinajstić information content (AvgIpc) is 2.44. The molecule has 1 heterocycles. The van der Waals surface area contributed by atoms with Crippen LogP contribution >= 0.6 is 31.9 Å². The second-order valence-corrected chi connectivity index (χ2v) is 7.25. The minimum absolute atomic E-state index is 0.292. The fourth-order valence-corrected chi connectivity index (χ4v) is 3.46. The second-order valence-electron chi connectivity index (χ2n) is 4.90. The van der Waals surface area contributed by atoms with Crippen molar-refractivity contribution in [2.45, 2.75) is 67.2 Å². The first-order chi connectivity index (χ1) is 6.98. The van der Waals surface area contributed by atoms with E-state index in [1.807, 2.05) is 13.8 Å².